The Balaban J connectivity index is 1.29. The van der Waals surface area contributed by atoms with E-state index in [1.165, 1.54) is 13.4 Å². The number of halogens is 1. The van der Waals surface area contributed by atoms with E-state index < -0.39 is 6.09 Å². The summed E-state index contributed by atoms with van der Waals surface area (Å²) in [5, 5.41) is 7.24. The van der Waals surface area contributed by atoms with Crippen LogP contribution < -0.4 is 20.1 Å². The maximum Gasteiger partial charge on any atom is 0.413 e. The number of benzene rings is 2. The smallest absolute Gasteiger partial charge is 0.413 e. The standard InChI is InChI=1S/C32H36ClN7O4/c1-21(12-15-39(2)3)40-14-7-9-30(40)44-32(41)38-27-17-24-26(18-29(27)42-4)35-20-36-31(24)37-22-10-11-28(25(33)16-22)43-19-23-8-5-6-13-34-23/h5-6,8,10-11,13,16-18,20,30H,1,7,9,12,14-15,19H2,2-4H3,(H,38,41)(H,35,36,37)/t30-/m0/s1. The van der Waals surface area contributed by atoms with E-state index in [0.717, 1.165) is 43.7 Å². The molecule has 1 atom stereocenters. The highest BCUT2D eigenvalue weighted by atomic mass is 35.5. The summed E-state index contributed by atoms with van der Waals surface area (Å²) in [6.45, 7) is 6.19. The van der Waals surface area contributed by atoms with Crippen molar-refractivity contribution < 1.29 is 19.0 Å². The lowest BCUT2D eigenvalue weighted by Crippen LogP contribution is -2.34. The summed E-state index contributed by atoms with van der Waals surface area (Å²) < 4.78 is 17.2. The van der Waals surface area contributed by atoms with Gasteiger partial charge in [-0.1, -0.05) is 24.2 Å². The number of fused-ring (bicyclic) bond motifs is 1. The minimum absolute atomic E-state index is 0.300. The number of carbonyl (C=O) groups is 1. The number of hydrogen-bond donors (Lipinski definition) is 2. The van der Waals surface area contributed by atoms with E-state index in [1.54, 1.807) is 30.5 Å². The average molecular weight is 618 g/mol. The van der Waals surface area contributed by atoms with Gasteiger partial charge in [-0.3, -0.25) is 10.3 Å². The molecular weight excluding hydrogens is 582 g/mol. The third-order valence-corrected chi connectivity index (χ3v) is 7.48. The van der Waals surface area contributed by atoms with E-state index in [0.29, 0.717) is 51.2 Å². The molecule has 2 N–H and O–H groups in total. The number of amides is 1. The van der Waals surface area contributed by atoms with Crippen molar-refractivity contribution in [2.45, 2.75) is 32.1 Å². The van der Waals surface area contributed by atoms with Crippen molar-refractivity contribution in [2.24, 2.45) is 0 Å². The molecule has 0 radical (unpaired) electrons. The van der Waals surface area contributed by atoms with E-state index in [4.69, 9.17) is 25.8 Å². The van der Waals surface area contributed by atoms with Gasteiger partial charge in [-0.25, -0.2) is 14.8 Å². The molecular formula is C32H36ClN7O4. The molecule has 2 aromatic carbocycles. The Kier molecular flexibility index (Phi) is 9.98. The molecule has 44 heavy (non-hydrogen) atoms. The van der Waals surface area contributed by atoms with Gasteiger partial charge in [0.15, 0.2) is 6.23 Å². The first-order valence-electron chi connectivity index (χ1n) is 14.3. The molecule has 0 aliphatic carbocycles. The minimum Gasteiger partial charge on any atom is -0.494 e. The van der Waals surface area contributed by atoms with Crippen LogP contribution in [0.3, 0.4) is 0 Å². The monoisotopic (exact) mass is 617 g/mol. The van der Waals surface area contributed by atoms with E-state index in [-0.39, 0.29) is 6.23 Å². The molecule has 0 spiro atoms. The Bertz CT molecular complexity index is 1620. The number of pyridine rings is 1. The highest BCUT2D eigenvalue weighted by molar-refractivity contribution is 6.32. The van der Waals surface area contributed by atoms with Gasteiger partial charge in [0.05, 0.1) is 29.0 Å². The van der Waals surface area contributed by atoms with Crippen LogP contribution >= 0.6 is 11.6 Å². The summed E-state index contributed by atoms with van der Waals surface area (Å²) in [4.78, 5) is 30.3. The maximum atomic E-state index is 13.1. The molecule has 0 bridgehead atoms. The number of methoxy groups -OCH3 is 1. The highest BCUT2D eigenvalue weighted by Crippen LogP contribution is 2.35. The van der Waals surface area contributed by atoms with Crippen LogP contribution in [-0.4, -0.2) is 71.4 Å². The zero-order valence-corrected chi connectivity index (χ0v) is 25.8. The quantitative estimate of drug-likeness (QED) is 0.184. The number of hydrogen-bond acceptors (Lipinski definition) is 10. The molecule has 1 aliphatic heterocycles. The molecule has 0 unspecified atom stereocenters. The number of likely N-dealkylation sites (tertiary alicyclic amines) is 1. The number of rotatable bonds is 12. The van der Waals surface area contributed by atoms with Gasteiger partial charge in [-0.2, -0.15) is 0 Å². The predicted octanol–water partition coefficient (Wildman–Crippen LogP) is 6.45. The molecule has 2 aromatic heterocycles. The first kappa shape index (κ1) is 30.8. The number of ether oxygens (including phenoxy) is 3. The second-order valence-corrected chi connectivity index (χ2v) is 11.0. The summed E-state index contributed by atoms with van der Waals surface area (Å²) in [5.41, 5.74) is 3.50. The zero-order chi connectivity index (χ0) is 31.1. The Labute approximate surface area is 261 Å². The fraction of sp³-hybridized carbons (Fsp3) is 0.312. The highest BCUT2D eigenvalue weighted by Gasteiger charge is 2.29. The lowest BCUT2D eigenvalue weighted by Gasteiger charge is -2.28. The molecule has 1 aliphatic rings. The second kappa shape index (κ2) is 14.2. The topological polar surface area (TPSA) is 114 Å². The Morgan fingerprint density at radius 3 is 2.75 bits per heavy atom. The van der Waals surface area contributed by atoms with Crippen molar-refractivity contribution in [2.75, 3.05) is 44.9 Å². The summed E-state index contributed by atoms with van der Waals surface area (Å²) in [6.07, 6.45) is 4.67. The molecule has 1 amide bonds. The Hall–Kier alpha value is -4.61. The summed E-state index contributed by atoms with van der Waals surface area (Å²) in [6, 6.07) is 14.5. The van der Waals surface area contributed by atoms with E-state index in [1.807, 2.05) is 38.4 Å². The third-order valence-electron chi connectivity index (χ3n) is 7.18. The Morgan fingerprint density at radius 2 is 2.00 bits per heavy atom. The van der Waals surface area contributed by atoms with Gasteiger partial charge < -0.3 is 29.3 Å². The fourth-order valence-electron chi connectivity index (χ4n) is 4.90. The van der Waals surface area contributed by atoms with Crippen LogP contribution in [0.2, 0.25) is 5.02 Å². The van der Waals surface area contributed by atoms with E-state index in [2.05, 4.69) is 42.0 Å². The maximum absolute atomic E-state index is 13.1. The second-order valence-electron chi connectivity index (χ2n) is 10.6. The molecule has 11 nitrogen and oxygen atoms in total. The lowest BCUT2D eigenvalue weighted by atomic mass is 10.2. The van der Waals surface area contributed by atoms with Crippen LogP contribution in [0.4, 0.5) is 22.0 Å². The van der Waals surface area contributed by atoms with Crippen molar-refractivity contribution in [1.82, 2.24) is 24.8 Å². The largest absolute Gasteiger partial charge is 0.494 e. The first-order chi connectivity index (χ1) is 21.3. The molecule has 4 aromatic rings. The molecule has 0 saturated carbocycles. The van der Waals surface area contributed by atoms with E-state index in [9.17, 15) is 4.79 Å². The van der Waals surface area contributed by atoms with Gasteiger partial charge in [0.2, 0.25) is 0 Å². The van der Waals surface area contributed by atoms with Crippen LogP contribution in [0.15, 0.2) is 73.3 Å². The van der Waals surface area contributed by atoms with Gasteiger partial charge in [-0.05, 0) is 63.3 Å². The number of nitrogens with one attached hydrogen (secondary N) is 2. The van der Waals surface area contributed by atoms with Crippen LogP contribution in [0.25, 0.3) is 10.9 Å². The van der Waals surface area contributed by atoms with Gasteiger partial charge in [-0.15, -0.1) is 0 Å². The van der Waals surface area contributed by atoms with Gasteiger partial charge >= 0.3 is 6.09 Å². The first-order valence-corrected chi connectivity index (χ1v) is 14.7. The minimum atomic E-state index is -0.584. The van der Waals surface area contributed by atoms with Crippen molar-refractivity contribution >= 4 is 45.8 Å². The van der Waals surface area contributed by atoms with Crippen molar-refractivity contribution in [3.8, 4) is 11.5 Å². The molecule has 1 saturated heterocycles. The number of anilines is 3. The molecule has 230 valence electrons. The molecule has 12 heteroatoms. The number of aromatic nitrogens is 3. The number of nitrogens with zero attached hydrogens (tertiary/aromatic N) is 5. The lowest BCUT2D eigenvalue weighted by molar-refractivity contribution is 0.0371. The van der Waals surface area contributed by atoms with Crippen molar-refractivity contribution in [3.05, 3.63) is 84.0 Å². The molecule has 1 fully saturated rings. The summed E-state index contributed by atoms with van der Waals surface area (Å²) >= 11 is 6.53. The number of carbonyl (C=O) groups excluding carboxylic acids is 1. The van der Waals surface area contributed by atoms with Crippen molar-refractivity contribution in [3.63, 3.8) is 0 Å². The van der Waals surface area contributed by atoms with Gasteiger partial charge in [0.1, 0.15) is 30.3 Å². The SMILES string of the molecule is C=C(CCN(C)C)N1CCC[C@@H]1OC(=O)Nc1cc2c(Nc3ccc(OCc4ccccn4)c(Cl)c3)ncnc2cc1OC. The van der Waals surface area contributed by atoms with Crippen LogP contribution in [0.5, 0.6) is 11.5 Å². The Morgan fingerprint density at radius 1 is 1.14 bits per heavy atom. The molecule has 3 heterocycles. The molecule has 5 rings (SSSR count). The zero-order valence-electron chi connectivity index (χ0n) is 25.0. The normalized spacial score (nSPS) is 14.5. The van der Waals surface area contributed by atoms with Crippen LogP contribution in [0.1, 0.15) is 25.0 Å². The van der Waals surface area contributed by atoms with Crippen molar-refractivity contribution in [1.29, 1.82) is 0 Å². The third kappa shape index (κ3) is 7.66. The van der Waals surface area contributed by atoms with Gasteiger partial charge in [0, 0.05) is 48.5 Å². The van der Waals surface area contributed by atoms with Gasteiger partial charge in [0.25, 0.3) is 0 Å². The van der Waals surface area contributed by atoms with E-state index >= 15 is 0 Å². The summed E-state index contributed by atoms with van der Waals surface area (Å²) in [5.74, 6) is 1.49. The summed E-state index contributed by atoms with van der Waals surface area (Å²) in [7, 11) is 5.58. The van der Waals surface area contributed by atoms with Crippen LogP contribution in [-0.2, 0) is 11.3 Å². The predicted molar refractivity (Wildman–Crippen MR) is 172 cm³/mol. The van der Waals surface area contributed by atoms with Crippen LogP contribution in [0, 0.1) is 0 Å². The average Bonchev–Trinajstić information content (AvgIpc) is 3.48. The fourth-order valence-corrected chi connectivity index (χ4v) is 5.13.